The number of nitrogens with one attached hydrogen (secondary N) is 1. The monoisotopic (exact) mass is 349 g/mol. The summed E-state index contributed by atoms with van der Waals surface area (Å²) in [6.45, 7) is 8.18. The van der Waals surface area contributed by atoms with Crippen LogP contribution in [0.2, 0.25) is 0 Å². The normalized spacial score (nSPS) is 16.3. The van der Waals surface area contributed by atoms with Gasteiger partial charge in [0.1, 0.15) is 10.7 Å². The first-order valence-corrected chi connectivity index (χ1v) is 8.88. The van der Waals surface area contributed by atoms with Crippen molar-refractivity contribution >= 4 is 17.2 Å². The lowest BCUT2D eigenvalue weighted by Gasteiger charge is -2.35. The molecule has 7 nitrogen and oxygen atoms in total. The maximum Gasteiger partial charge on any atom is 0.271 e. The van der Waals surface area contributed by atoms with Crippen molar-refractivity contribution in [2.75, 3.05) is 32.8 Å². The summed E-state index contributed by atoms with van der Waals surface area (Å²) >= 11 is 1.45. The van der Waals surface area contributed by atoms with Gasteiger partial charge in [-0.3, -0.25) is 14.4 Å². The van der Waals surface area contributed by atoms with E-state index in [1.54, 1.807) is 16.3 Å². The van der Waals surface area contributed by atoms with Crippen molar-refractivity contribution in [2.24, 2.45) is 7.05 Å². The summed E-state index contributed by atoms with van der Waals surface area (Å²) in [5.41, 5.74) is 1.05. The number of ether oxygens (including phenoxy) is 1. The first kappa shape index (κ1) is 17.1. The second-order valence-corrected chi connectivity index (χ2v) is 7.53. The second-order valence-electron chi connectivity index (χ2n) is 6.67. The molecule has 1 fully saturated rings. The highest BCUT2D eigenvalue weighted by atomic mass is 32.1. The minimum Gasteiger partial charge on any atom is -0.379 e. The van der Waals surface area contributed by atoms with Crippen LogP contribution < -0.4 is 5.32 Å². The van der Waals surface area contributed by atoms with Crippen LogP contribution in [0.15, 0.2) is 17.8 Å². The number of hydrogen-bond acceptors (Lipinski definition) is 6. The lowest BCUT2D eigenvalue weighted by molar-refractivity contribution is 0.0269. The van der Waals surface area contributed by atoms with Crippen LogP contribution in [0.25, 0.3) is 10.6 Å². The molecule has 3 rings (SSSR count). The molecule has 1 saturated heterocycles. The van der Waals surface area contributed by atoms with Gasteiger partial charge in [0.25, 0.3) is 5.91 Å². The van der Waals surface area contributed by atoms with Crippen molar-refractivity contribution < 1.29 is 9.53 Å². The van der Waals surface area contributed by atoms with Gasteiger partial charge in [-0.2, -0.15) is 5.10 Å². The second kappa shape index (κ2) is 7.00. The van der Waals surface area contributed by atoms with Crippen LogP contribution in [0.4, 0.5) is 0 Å². The van der Waals surface area contributed by atoms with Crippen LogP contribution >= 0.6 is 11.3 Å². The van der Waals surface area contributed by atoms with Gasteiger partial charge in [-0.25, -0.2) is 4.98 Å². The molecule has 1 aliphatic rings. The average molecular weight is 349 g/mol. The fraction of sp³-hybridized carbons (Fsp3) is 0.562. The number of aromatic nitrogens is 3. The number of carbonyl (C=O) groups is 1. The molecule has 0 atom stereocenters. The van der Waals surface area contributed by atoms with Crippen LogP contribution in [-0.2, 0) is 11.8 Å². The Kier molecular flexibility index (Phi) is 4.98. The van der Waals surface area contributed by atoms with Crippen LogP contribution in [0.1, 0.15) is 24.3 Å². The molecule has 1 aliphatic heterocycles. The molecule has 0 saturated carbocycles. The molecule has 2 aromatic rings. The summed E-state index contributed by atoms with van der Waals surface area (Å²) in [6.07, 6.45) is 3.64. The molecule has 1 N–H and O–H groups in total. The lowest BCUT2D eigenvalue weighted by Crippen LogP contribution is -2.53. The Hall–Kier alpha value is -1.77. The quantitative estimate of drug-likeness (QED) is 0.883. The van der Waals surface area contributed by atoms with Crippen LogP contribution in [0.5, 0.6) is 0 Å². The number of morpholine rings is 1. The SMILES string of the molecule is Cn1cc(-c2nc(C(=O)NC(C)(C)CN3CCOCC3)cs2)cn1. The van der Waals surface area contributed by atoms with E-state index in [0.29, 0.717) is 5.69 Å². The first-order chi connectivity index (χ1) is 11.4. The van der Waals surface area contributed by atoms with Crippen LogP contribution in [0, 0.1) is 0 Å². The van der Waals surface area contributed by atoms with Gasteiger partial charge in [0.05, 0.1) is 19.4 Å². The number of aryl methyl sites for hydroxylation is 1. The van der Waals surface area contributed by atoms with Crippen molar-refractivity contribution in [3.8, 4) is 10.6 Å². The van der Waals surface area contributed by atoms with E-state index in [1.165, 1.54) is 11.3 Å². The summed E-state index contributed by atoms with van der Waals surface area (Å²) in [7, 11) is 1.86. The Balaban J connectivity index is 1.62. The standard InChI is InChI=1S/C16H23N5O2S/c1-16(2,11-21-4-6-23-7-5-21)19-14(22)13-10-24-15(18-13)12-8-17-20(3)9-12/h8-10H,4-7,11H2,1-3H3,(H,19,22). The van der Waals surface area contributed by atoms with E-state index in [0.717, 1.165) is 43.4 Å². The zero-order chi connectivity index (χ0) is 17.2. The van der Waals surface area contributed by atoms with Gasteiger partial charge < -0.3 is 10.1 Å². The molecule has 0 bridgehead atoms. The van der Waals surface area contributed by atoms with Gasteiger partial charge in [-0.05, 0) is 13.8 Å². The van der Waals surface area contributed by atoms with Crippen LogP contribution in [-0.4, -0.2) is 64.0 Å². The molecular weight excluding hydrogens is 326 g/mol. The molecule has 0 unspecified atom stereocenters. The summed E-state index contributed by atoms with van der Waals surface area (Å²) in [5, 5.41) is 9.83. The summed E-state index contributed by atoms with van der Waals surface area (Å²) in [5.74, 6) is -0.139. The van der Waals surface area contributed by atoms with E-state index in [1.807, 2.05) is 27.1 Å². The molecule has 24 heavy (non-hydrogen) atoms. The Morgan fingerprint density at radius 3 is 2.83 bits per heavy atom. The van der Waals surface area contributed by atoms with Crippen molar-refractivity contribution in [1.82, 2.24) is 25.0 Å². The largest absolute Gasteiger partial charge is 0.379 e. The number of amides is 1. The van der Waals surface area contributed by atoms with E-state index < -0.39 is 0 Å². The van der Waals surface area contributed by atoms with Crippen molar-refractivity contribution in [1.29, 1.82) is 0 Å². The fourth-order valence-electron chi connectivity index (χ4n) is 2.77. The van der Waals surface area contributed by atoms with Gasteiger partial charge in [-0.1, -0.05) is 0 Å². The Morgan fingerprint density at radius 1 is 1.42 bits per heavy atom. The number of carbonyl (C=O) groups excluding carboxylic acids is 1. The molecule has 0 spiro atoms. The zero-order valence-corrected chi connectivity index (χ0v) is 15.1. The van der Waals surface area contributed by atoms with E-state index in [9.17, 15) is 4.79 Å². The summed E-state index contributed by atoms with van der Waals surface area (Å²) in [6, 6.07) is 0. The summed E-state index contributed by atoms with van der Waals surface area (Å²) < 4.78 is 7.09. The predicted octanol–water partition coefficient (Wildman–Crippen LogP) is 1.38. The molecule has 0 aromatic carbocycles. The van der Waals surface area contributed by atoms with E-state index >= 15 is 0 Å². The predicted molar refractivity (Wildman–Crippen MR) is 93.1 cm³/mol. The van der Waals surface area contributed by atoms with Gasteiger partial charge in [0.15, 0.2) is 0 Å². The van der Waals surface area contributed by atoms with Crippen molar-refractivity contribution in [3.63, 3.8) is 0 Å². The average Bonchev–Trinajstić information content (AvgIpc) is 3.16. The number of thiazole rings is 1. The third kappa shape index (κ3) is 4.19. The third-order valence-corrected chi connectivity index (χ3v) is 4.75. The highest BCUT2D eigenvalue weighted by molar-refractivity contribution is 7.13. The van der Waals surface area contributed by atoms with Crippen molar-refractivity contribution in [2.45, 2.75) is 19.4 Å². The number of rotatable bonds is 5. The van der Waals surface area contributed by atoms with Crippen LogP contribution in [0.3, 0.4) is 0 Å². The molecule has 8 heteroatoms. The minimum atomic E-state index is -0.327. The molecule has 130 valence electrons. The molecule has 2 aromatic heterocycles. The Labute approximate surface area is 145 Å². The molecule has 0 radical (unpaired) electrons. The fourth-order valence-corrected chi connectivity index (χ4v) is 3.55. The Morgan fingerprint density at radius 2 is 2.17 bits per heavy atom. The molecular formula is C16H23N5O2S. The summed E-state index contributed by atoms with van der Waals surface area (Å²) in [4.78, 5) is 19.3. The topological polar surface area (TPSA) is 72.3 Å². The van der Waals surface area contributed by atoms with E-state index in [-0.39, 0.29) is 11.4 Å². The maximum atomic E-state index is 12.5. The van der Waals surface area contributed by atoms with Gasteiger partial charge >= 0.3 is 0 Å². The van der Waals surface area contributed by atoms with E-state index in [2.05, 4.69) is 20.3 Å². The molecule has 3 heterocycles. The highest BCUT2D eigenvalue weighted by Gasteiger charge is 2.26. The smallest absolute Gasteiger partial charge is 0.271 e. The Bertz CT molecular complexity index is 703. The van der Waals surface area contributed by atoms with Gasteiger partial charge in [0.2, 0.25) is 0 Å². The lowest BCUT2D eigenvalue weighted by atomic mass is 10.0. The van der Waals surface area contributed by atoms with E-state index in [4.69, 9.17) is 4.74 Å². The first-order valence-electron chi connectivity index (χ1n) is 8.00. The maximum absolute atomic E-state index is 12.5. The minimum absolute atomic E-state index is 0.139. The highest BCUT2D eigenvalue weighted by Crippen LogP contribution is 2.23. The third-order valence-electron chi connectivity index (χ3n) is 3.86. The zero-order valence-electron chi connectivity index (χ0n) is 14.3. The molecule has 1 amide bonds. The van der Waals surface area contributed by atoms with Gasteiger partial charge in [0, 0.05) is 49.4 Å². The molecule has 0 aliphatic carbocycles. The van der Waals surface area contributed by atoms with Crippen molar-refractivity contribution in [3.05, 3.63) is 23.5 Å². The number of nitrogens with zero attached hydrogens (tertiary/aromatic N) is 4. The van der Waals surface area contributed by atoms with Gasteiger partial charge in [-0.15, -0.1) is 11.3 Å². The number of hydrogen-bond donors (Lipinski definition) is 1.